The molecule has 0 bridgehead atoms. The fourth-order valence-corrected chi connectivity index (χ4v) is 6.00. The molecule has 3 N–H and O–H groups in total. The molecule has 0 aliphatic carbocycles. The van der Waals surface area contributed by atoms with Crippen molar-refractivity contribution in [2.24, 2.45) is 0 Å². The van der Waals surface area contributed by atoms with Crippen LogP contribution < -0.4 is 10.6 Å². The molecule has 0 heterocycles. The van der Waals surface area contributed by atoms with E-state index in [4.69, 9.17) is 4.74 Å². The molecule has 1 rings (SSSR count). The smallest absolute Gasteiger partial charge is 0.450 e. The minimum Gasteiger partial charge on any atom is -0.450 e. The molecule has 1 aromatic rings. The maximum Gasteiger partial charge on any atom is 0.506 e. The molecule has 10 heteroatoms. The number of amides is 2. The Bertz CT molecular complexity index is 1000. The van der Waals surface area contributed by atoms with Crippen molar-refractivity contribution in [1.29, 1.82) is 0 Å². The van der Waals surface area contributed by atoms with Crippen LogP contribution in [-0.4, -0.2) is 40.6 Å². The number of carbonyl (C=O) groups is 3. The summed E-state index contributed by atoms with van der Waals surface area (Å²) in [5.74, 6) is -0.472. The number of nitrogens with zero attached hydrogens (tertiary/aromatic N) is 1. The average Bonchev–Trinajstić information content (AvgIpc) is 3.06. The second-order valence-electron chi connectivity index (χ2n) is 13.2. The number of nitro benzene ring substituents is 1. The Hall–Kier alpha value is -3.17. The zero-order valence-electron chi connectivity index (χ0n) is 30.0. The summed E-state index contributed by atoms with van der Waals surface area (Å²) in [7, 11) is 0. The highest BCUT2D eigenvalue weighted by atomic mass is 16.7. The van der Waals surface area contributed by atoms with Crippen LogP contribution in [0.1, 0.15) is 180 Å². The van der Waals surface area contributed by atoms with Gasteiger partial charge >= 0.3 is 6.16 Å². The van der Waals surface area contributed by atoms with Crippen molar-refractivity contribution in [2.75, 3.05) is 6.54 Å². The lowest BCUT2D eigenvalue weighted by Gasteiger charge is -2.27. The number of rotatable bonds is 31. The van der Waals surface area contributed by atoms with Crippen LogP contribution in [0.5, 0.6) is 0 Å². The third kappa shape index (κ3) is 22.4. The SMILES string of the molecule is CCCCCCCCCCCCCC(=O)NCC(OC(=O)O)C(NC(=O)CCCCCCCCCCCCC)c1ccc([N+](=O)[O-])cc1. The Morgan fingerprint density at radius 2 is 1.06 bits per heavy atom. The lowest BCUT2D eigenvalue weighted by atomic mass is 9.99. The molecule has 10 nitrogen and oxygen atoms in total. The van der Waals surface area contributed by atoms with E-state index in [2.05, 4.69) is 24.5 Å². The largest absolute Gasteiger partial charge is 0.506 e. The first kappa shape index (κ1) is 42.9. The van der Waals surface area contributed by atoms with E-state index in [1.165, 1.54) is 121 Å². The van der Waals surface area contributed by atoms with Crippen LogP contribution in [0, 0.1) is 10.1 Å². The number of carbonyl (C=O) groups excluding carboxylic acids is 2. The second kappa shape index (κ2) is 28.8. The number of nitro groups is 1. The molecular weight excluding hydrogens is 610 g/mol. The fourth-order valence-electron chi connectivity index (χ4n) is 6.00. The summed E-state index contributed by atoms with van der Waals surface area (Å²) in [6.45, 7) is 4.31. The summed E-state index contributed by atoms with van der Waals surface area (Å²) in [4.78, 5) is 48.0. The van der Waals surface area contributed by atoms with Gasteiger partial charge in [-0.25, -0.2) is 4.79 Å². The summed E-state index contributed by atoms with van der Waals surface area (Å²) in [5, 5.41) is 26.4. The molecule has 0 saturated carbocycles. The van der Waals surface area contributed by atoms with Gasteiger partial charge in [0, 0.05) is 25.0 Å². The molecule has 0 aliphatic heterocycles. The number of ether oxygens (including phenoxy) is 1. The lowest BCUT2D eigenvalue weighted by Crippen LogP contribution is -2.44. The molecule has 0 fully saturated rings. The van der Waals surface area contributed by atoms with Gasteiger partial charge in [0.05, 0.1) is 17.5 Å². The summed E-state index contributed by atoms with van der Waals surface area (Å²) < 4.78 is 5.17. The number of hydrogen-bond acceptors (Lipinski definition) is 6. The molecule has 274 valence electrons. The van der Waals surface area contributed by atoms with Gasteiger partial charge in [0.1, 0.15) is 6.10 Å². The first-order valence-corrected chi connectivity index (χ1v) is 19.0. The van der Waals surface area contributed by atoms with Crippen LogP contribution in [0.15, 0.2) is 24.3 Å². The van der Waals surface area contributed by atoms with Crippen molar-refractivity contribution in [3.63, 3.8) is 0 Å². The third-order valence-corrected chi connectivity index (χ3v) is 8.92. The zero-order chi connectivity index (χ0) is 35.2. The van der Waals surface area contributed by atoms with E-state index in [1.807, 2.05) is 0 Å². The quantitative estimate of drug-likeness (QED) is 0.0307. The van der Waals surface area contributed by atoms with Gasteiger partial charge in [-0.3, -0.25) is 19.7 Å². The summed E-state index contributed by atoms with van der Waals surface area (Å²) in [5.41, 5.74) is 0.333. The molecule has 0 radical (unpaired) electrons. The molecular formula is C38H65N3O7. The molecule has 2 amide bonds. The molecule has 1 aromatic carbocycles. The Morgan fingerprint density at radius 3 is 1.46 bits per heavy atom. The zero-order valence-corrected chi connectivity index (χ0v) is 30.0. The minimum absolute atomic E-state index is 0.124. The monoisotopic (exact) mass is 675 g/mol. The Morgan fingerprint density at radius 1 is 0.667 bits per heavy atom. The normalized spacial score (nSPS) is 12.3. The van der Waals surface area contributed by atoms with E-state index in [0.29, 0.717) is 18.4 Å². The Kier molecular flexibility index (Phi) is 25.7. The Labute approximate surface area is 289 Å². The van der Waals surface area contributed by atoms with E-state index in [-0.39, 0.29) is 30.5 Å². The molecule has 2 atom stereocenters. The van der Waals surface area contributed by atoms with Crippen LogP contribution in [0.2, 0.25) is 0 Å². The summed E-state index contributed by atoms with van der Waals surface area (Å²) >= 11 is 0. The molecule has 0 saturated heterocycles. The van der Waals surface area contributed by atoms with Crippen molar-refractivity contribution < 1.29 is 29.2 Å². The maximum atomic E-state index is 13.0. The highest BCUT2D eigenvalue weighted by Crippen LogP contribution is 2.23. The molecule has 0 spiro atoms. The van der Waals surface area contributed by atoms with Crippen LogP contribution in [0.3, 0.4) is 0 Å². The van der Waals surface area contributed by atoms with Gasteiger partial charge in [0.15, 0.2) is 0 Å². The fraction of sp³-hybridized carbons (Fsp3) is 0.763. The number of carboxylic acid groups (broad SMARTS) is 1. The average molecular weight is 676 g/mol. The molecule has 48 heavy (non-hydrogen) atoms. The van der Waals surface area contributed by atoms with Crippen LogP contribution in [0.4, 0.5) is 10.5 Å². The lowest BCUT2D eigenvalue weighted by molar-refractivity contribution is -0.384. The predicted molar refractivity (Wildman–Crippen MR) is 192 cm³/mol. The van der Waals surface area contributed by atoms with E-state index >= 15 is 0 Å². The predicted octanol–water partition coefficient (Wildman–Crippen LogP) is 10.3. The van der Waals surface area contributed by atoms with Gasteiger partial charge < -0.3 is 20.5 Å². The van der Waals surface area contributed by atoms with Crippen molar-refractivity contribution in [1.82, 2.24) is 10.6 Å². The van der Waals surface area contributed by atoms with E-state index in [9.17, 15) is 29.6 Å². The second-order valence-corrected chi connectivity index (χ2v) is 13.2. The van der Waals surface area contributed by atoms with E-state index < -0.39 is 23.2 Å². The van der Waals surface area contributed by atoms with Crippen molar-refractivity contribution in [2.45, 2.75) is 180 Å². The van der Waals surface area contributed by atoms with Gasteiger partial charge in [0.2, 0.25) is 11.8 Å². The van der Waals surface area contributed by atoms with Crippen molar-refractivity contribution >= 4 is 23.7 Å². The van der Waals surface area contributed by atoms with Crippen molar-refractivity contribution in [3.05, 3.63) is 39.9 Å². The van der Waals surface area contributed by atoms with Crippen molar-refractivity contribution in [3.8, 4) is 0 Å². The third-order valence-electron chi connectivity index (χ3n) is 8.92. The number of non-ortho nitro benzene ring substituents is 1. The van der Waals surface area contributed by atoms with E-state index in [0.717, 1.165) is 38.5 Å². The molecule has 0 aromatic heterocycles. The first-order valence-electron chi connectivity index (χ1n) is 19.0. The minimum atomic E-state index is -1.54. The van der Waals surface area contributed by atoms with Gasteiger partial charge in [-0.15, -0.1) is 0 Å². The van der Waals surface area contributed by atoms with Gasteiger partial charge in [-0.2, -0.15) is 0 Å². The van der Waals surface area contributed by atoms with Gasteiger partial charge in [-0.1, -0.05) is 142 Å². The topological polar surface area (TPSA) is 148 Å². The Balaban J connectivity index is 2.60. The van der Waals surface area contributed by atoms with Gasteiger partial charge in [0.25, 0.3) is 5.69 Å². The first-order chi connectivity index (χ1) is 23.3. The maximum absolute atomic E-state index is 13.0. The highest BCUT2D eigenvalue weighted by Gasteiger charge is 2.29. The van der Waals surface area contributed by atoms with Crippen LogP contribution >= 0.6 is 0 Å². The summed E-state index contributed by atoms with van der Waals surface area (Å²) in [6, 6.07) is 4.65. The highest BCUT2D eigenvalue weighted by molar-refractivity contribution is 5.77. The van der Waals surface area contributed by atoms with Gasteiger partial charge in [-0.05, 0) is 30.5 Å². The van der Waals surface area contributed by atoms with Crippen LogP contribution in [-0.2, 0) is 14.3 Å². The molecule has 2 unspecified atom stereocenters. The van der Waals surface area contributed by atoms with E-state index in [1.54, 1.807) is 0 Å². The van der Waals surface area contributed by atoms with Crippen LogP contribution in [0.25, 0.3) is 0 Å². The number of nitrogens with one attached hydrogen (secondary N) is 2. The number of benzene rings is 1. The standard InChI is InChI=1S/C38H65N3O7/c1-3-5-7-9-11-13-15-17-19-21-23-25-35(42)39-31-34(48-38(44)45)37(32-27-29-33(30-28-32)41(46)47)40-36(43)26-24-22-20-18-16-14-12-10-8-6-4-2/h27-30,34,37H,3-26,31H2,1-2H3,(H,39,42)(H,40,43)(H,44,45). The number of unbranched alkanes of at least 4 members (excludes halogenated alkanes) is 20. The summed E-state index contributed by atoms with van der Waals surface area (Å²) in [6.07, 6.45) is 23.7. The number of hydrogen-bond donors (Lipinski definition) is 3. The molecule has 0 aliphatic rings.